The second-order valence-electron chi connectivity index (χ2n) is 9.98. The lowest BCUT2D eigenvalue weighted by atomic mass is 10.0. The van der Waals surface area contributed by atoms with Gasteiger partial charge < -0.3 is 10.0 Å². The van der Waals surface area contributed by atoms with Gasteiger partial charge >= 0.3 is 5.97 Å². The van der Waals surface area contributed by atoms with Crippen LogP contribution in [0.25, 0.3) is 38.8 Å². The third-order valence-corrected chi connectivity index (χ3v) is 7.74. The van der Waals surface area contributed by atoms with Crippen LogP contribution in [0.4, 0.5) is 14.6 Å². The van der Waals surface area contributed by atoms with Gasteiger partial charge in [-0.3, -0.25) is 9.48 Å². The average molecular weight is 501 g/mol. The Morgan fingerprint density at radius 2 is 1.84 bits per heavy atom. The van der Waals surface area contributed by atoms with Gasteiger partial charge in [-0.2, -0.15) is 10.2 Å². The zero-order valence-electron chi connectivity index (χ0n) is 20.1. The number of aryl methyl sites for hydroxylation is 2. The zero-order valence-corrected chi connectivity index (χ0v) is 20.1. The van der Waals surface area contributed by atoms with Gasteiger partial charge in [0.25, 0.3) is 0 Å². The van der Waals surface area contributed by atoms with E-state index in [9.17, 15) is 14.3 Å². The SMILES string of the molecule is Cc1cccc2c(-c3c(F)cc(F)c4nn(C)cc34)nn(-c3ccc(N4C[C@@H]5C(C(=O)O)[C@@H]5C4)nc3)c12. The fraction of sp³-hybridized carbons (Fsp3) is 0.259. The van der Waals surface area contributed by atoms with Gasteiger partial charge in [0, 0.05) is 48.7 Å². The van der Waals surface area contributed by atoms with Gasteiger partial charge in [0.2, 0.25) is 0 Å². The molecular formula is C27H22F2N6O2. The van der Waals surface area contributed by atoms with Crippen LogP contribution < -0.4 is 4.90 Å². The van der Waals surface area contributed by atoms with Gasteiger partial charge in [0.05, 0.1) is 23.3 Å². The monoisotopic (exact) mass is 500 g/mol. The number of nitrogens with zero attached hydrogens (tertiary/aromatic N) is 6. The quantitative estimate of drug-likeness (QED) is 0.395. The Bertz CT molecular complexity index is 1730. The molecule has 0 radical (unpaired) electrons. The molecule has 1 saturated heterocycles. The van der Waals surface area contributed by atoms with E-state index in [-0.39, 0.29) is 28.8 Å². The molecule has 7 rings (SSSR count). The first-order valence-corrected chi connectivity index (χ1v) is 12.1. The Balaban J connectivity index is 1.32. The van der Waals surface area contributed by atoms with E-state index in [2.05, 4.69) is 15.0 Å². The van der Waals surface area contributed by atoms with Crippen LogP contribution in [-0.4, -0.2) is 48.7 Å². The highest BCUT2D eigenvalue weighted by molar-refractivity contribution is 6.04. The molecule has 3 aromatic heterocycles. The maximum atomic E-state index is 15.3. The molecule has 8 nitrogen and oxygen atoms in total. The second kappa shape index (κ2) is 7.58. The van der Waals surface area contributed by atoms with Crippen LogP contribution in [0.5, 0.6) is 0 Å². The molecule has 1 aliphatic heterocycles. The molecule has 0 amide bonds. The van der Waals surface area contributed by atoms with Crippen molar-refractivity contribution < 1.29 is 18.7 Å². The predicted molar refractivity (Wildman–Crippen MR) is 134 cm³/mol. The third kappa shape index (κ3) is 3.18. The molecule has 10 heteroatoms. The van der Waals surface area contributed by atoms with Gasteiger partial charge in [-0.25, -0.2) is 18.4 Å². The summed E-state index contributed by atoms with van der Waals surface area (Å²) in [4.78, 5) is 18.0. The first-order chi connectivity index (χ1) is 17.8. The fourth-order valence-electron chi connectivity index (χ4n) is 5.95. The van der Waals surface area contributed by atoms with Gasteiger partial charge in [-0.15, -0.1) is 0 Å². The minimum Gasteiger partial charge on any atom is -0.481 e. The lowest BCUT2D eigenvalue weighted by Crippen LogP contribution is -2.26. The Hall–Kier alpha value is -4.34. The topological polar surface area (TPSA) is 89.1 Å². The Morgan fingerprint density at radius 1 is 1.05 bits per heavy atom. The molecule has 5 aromatic rings. The molecule has 186 valence electrons. The number of carboxylic acid groups (broad SMARTS) is 1. The van der Waals surface area contributed by atoms with Crippen molar-refractivity contribution in [1.82, 2.24) is 24.5 Å². The van der Waals surface area contributed by atoms with Crippen LogP contribution in [0.3, 0.4) is 0 Å². The van der Waals surface area contributed by atoms with Gasteiger partial charge in [-0.1, -0.05) is 18.2 Å². The minimum atomic E-state index is -0.717. The number of piperidine rings is 1. The van der Waals surface area contributed by atoms with Crippen LogP contribution >= 0.6 is 0 Å². The first-order valence-electron chi connectivity index (χ1n) is 12.1. The smallest absolute Gasteiger partial charge is 0.307 e. The molecule has 1 aliphatic carbocycles. The van der Waals surface area contributed by atoms with E-state index in [1.54, 1.807) is 24.1 Å². The number of carbonyl (C=O) groups is 1. The number of halogens is 2. The summed E-state index contributed by atoms with van der Waals surface area (Å²) in [5.74, 6) is -1.20. The van der Waals surface area contributed by atoms with E-state index in [4.69, 9.17) is 5.10 Å². The van der Waals surface area contributed by atoms with Crippen molar-refractivity contribution in [3.05, 3.63) is 66.0 Å². The number of para-hydroxylation sites is 1. The van der Waals surface area contributed by atoms with Crippen molar-refractivity contribution in [2.24, 2.45) is 24.8 Å². The predicted octanol–water partition coefficient (Wildman–Crippen LogP) is 4.33. The van der Waals surface area contributed by atoms with Crippen molar-refractivity contribution in [2.75, 3.05) is 18.0 Å². The summed E-state index contributed by atoms with van der Waals surface area (Å²) in [5, 5.41) is 19.3. The fourth-order valence-corrected chi connectivity index (χ4v) is 5.95. The lowest BCUT2D eigenvalue weighted by Gasteiger charge is -2.20. The molecule has 1 N–H and O–H groups in total. The highest BCUT2D eigenvalue weighted by Crippen LogP contribution is 2.52. The molecule has 2 aliphatic rings. The summed E-state index contributed by atoms with van der Waals surface area (Å²) >= 11 is 0. The number of anilines is 1. The Kier molecular flexibility index (Phi) is 4.49. The number of carboxylic acids is 1. The maximum Gasteiger partial charge on any atom is 0.307 e. The first kappa shape index (κ1) is 21.9. The number of benzene rings is 2. The number of hydrogen-bond donors (Lipinski definition) is 1. The number of pyridine rings is 1. The van der Waals surface area contributed by atoms with Crippen LogP contribution in [0, 0.1) is 36.3 Å². The summed E-state index contributed by atoms with van der Waals surface area (Å²) in [7, 11) is 1.67. The molecule has 0 spiro atoms. The van der Waals surface area contributed by atoms with Crippen molar-refractivity contribution >= 4 is 33.6 Å². The van der Waals surface area contributed by atoms with Crippen LogP contribution in [0.15, 0.2) is 48.8 Å². The molecule has 1 unspecified atom stereocenters. The molecule has 4 heterocycles. The summed E-state index contributed by atoms with van der Waals surface area (Å²) in [6, 6.07) is 10.4. The lowest BCUT2D eigenvalue weighted by molar-refractivity contribution is -0.139. The van der Waals surface area contributed by atoms with E-state index in [1.165, 1.54) is 4.68 Å². The van der Waals surface area contributed by atoms with Crippen molar-refractivity contribution in [3.8, 4) is 16.9 Å². The van der Waals surface area contributed by atoms with Crippen LogP contribution in [0.1, 0.15) is 5.56 Å². The standard InChI is InChI=1S/C27H22F2N6O2/c1-13-4-3-5-15-25(23-18-10-33(2)31-24(18)20(29)8-19(23)28)32-35(26(13)15)14-6-7-21(30-9-14)34-11-16-17(12-34)22(16)27(36)37/h3-10,16-17,22H,11-12H2,1-2H3,(H,36,37)/t16-,17+,22?. The Labute approximate surface area is 209 Å². The molecule has 2 fully saturated rings. The van der Waals surface area contributed by atoms with E-state index >= 15 is 4.39 Å². The van der Waals surface area contributed by atoms with Crippen molar-refractivity contribution in [2.45, 2.75) is 6.92 Å². The van der Waals surface area contributed by atoms with Crippen LogP contribution in [0.2, 0.25) is 0 Å². The number of hydrogen-bond acceptors (Lipinski definition) is 5. The number of fused-ring (bicyclic) bond motifs is 3. The van der Waals surface area contributed by atoms with Crippen LogP contribution in [-0.2, 0) is 11.8 Å². The van der Waals surface area contributed by atoms with E-state index in [1.807, 2.05) is 37.3 Å². The molecule has 3 atom stereocenters. The summed E-state index contributed by atoms with van der Waals surface area (Å²) < 4.78 is 33.0. The minimum absolute atomic E-state index is 0.0917. The highest BCUT2D eigenvalue weighted by Gasteiger charge is 2.60. The van der Waals surface area contributed by atoms with E-state index in [0.29, 0.717) is 29.9 Å². The normalized spacial score (nSPS) is 20.6. The van der Waals surface area contributed by atoms with Gasteiger partial charge in [0.15, 0.2) is 5.82 Å². The highest BCUT2D eigenvalue weighted by atomic mass is 19.1. The van der Waals surface area contributed by atoms with Gasteiger partial charge in [-0.05, 0) is 36.5 Å². The molecule has 37 heavy (non-hydrogen) atoms. The van der Waals surface area contributed by atoms with Crippen molar-refractivity contribution in [1.29, 1.82) is 0 Å². The average Bonchev–Trinajstić information content (AvgIpc) is 3.20. The summed E-state index contributed by atoms with van der Waals surface area (Å²) in [5.41, 5.74) is 3.15. The Morgan fingerprint density at radius 3 is 2.54 bits per heavy atom. The molecule has 2 aromatic carbocycles. The number of aromatic nitrogens is 5. The molecular weight excluding hydrogens is 478 g/mol. The second-order valence-corrected chi connectivity index (χ2v) is 9.98. The maximum absolute atomic E-state index is 15.3. The van der Waals surface area contributed by atoms with Crippen molar-refractivity contribution in [3.63, 3.8) is 0 Å². The third-order valence-electron chi connectivity index (χ3n) is 7.74. The van der Waals surface area contributed by atoms with E-state index in [0.717, 1.165) is 28.4 Å². The van der Waals surface area contributed by atoms with E-state index < -0.39 is 17.6 Å². The number of aliphatic carboxylic acids is 1. The summed E-state index contributed by atoms with van der Waals surface area (Å²) in [6.45, 7) is 3.34. The molecule has 0 bridgehead atoms. The summed E-state index contributed by atoms with van der Waals surface area (Å²) in [6.07, 6.45) is 3.32. The largest absolute Gasteiger partial charge is 0.481 e. The molecule has 1 saturated carbocycles. The zero-order chi connectivity index (χ0) is 25.6. The van der Waals surface area contributed by atoms with Gasteiger partial charge in [0.1, 0.15) is 22.8 Å². The number of rotatable bonds is 4.